The van der Waals surface area contributed by atoms with Crippen LogP contribution in [0.15, 0.2) is 16.1 Å². The average molecular weight is 371 g/mol. The van der Waals surface area contributed by atoms with E-state index in [9.17, 15) is 0 Å². The van der Waals surface area contributed by atoms with Crippen LogP contribution < -0.4 is 10.8 Å². The summed E-state index contributed by atoms with van der Waals surface area (Å²) in [4.78, 5) is 0. The molecule has 1 aromatic rings. The number of allylic oxidation sites excluding steroid dienone is 2. The Kier molecular flexibility index (Phi) is 8.93. The van der Waals surface area contributed by atoms with Gasteiger partial charge in [0.1, 0.15) is 10.8 Å². The van der Waals surface area contributed by atoms with E-state index in [0.29, 0.717) is 11.8 Å². The van der Waals surface area contributed by atoms with Crippen molar-refractivity contribution in [2.75, 3.05) is 0 Å². The number of hydrogen-bond acceptors (Lipinski definition) is 1. The van der Waals surface area contributed by atoms with Crippen LogP contribution in [0.25, 0.3) is 12.7 Å². The first-order chi connectivity index (χ1) is 13.1. The van der Waals surface area contributed by atoms with Crippen molar-refractivity contribution in [3.63, 3.8) is 0 Å². The van der Waals surface area contributed by atoms with Gasteiger partial charge >= 0.3 is 0 Å². The molecule has 1 nitrogen and oxygen atoms in total. The van der Waals surface area contributed by atoms with Crippen molar-refractivity contribution >= 4 is 12.7 Å². The smallest absolute Gasteiger partial charge is 0.127 e. The molecular formula is C26H42O. The van der Waals surface area contributed by atoms with Gasteiger partial charge < -0.3 is 4.42 Å². The number of unbranched alkanes of at least 4 members (excludes halogenated alkanes) is 2. The monoisotopic (exact) mass is 370 g/mol. The van der Waals surface area contributed by atoms with Crippen LogP contribution in [0.2, 0.25) is 0 Å². The molecule has 1 heteroatoms. The van der Waals surface area contributed by atoms with Crippen molar-refractivity contribution in [2.24, 2.45) is 11.8 Å². The highest BCUT2D eigenvalue weighted by atomic mass is 16.3. The number of rotatable bonds is 9. The van der Waals surface area contributed by atoms with Crippen LogP contribution in [-0.2, 0) is 6.42 Å². The van der Waals surface area contributed by atoms with E-state index in [0.717, 1.165) is 36.0 Å². The van der Waals surface area contributed by atoms with Crippen LogP contribution in [0.1, 0.15) is 109 Å². The first-order valence-corrected chi connectivity index (χ1v) is 11.6. The second kappa shape index (κ2) is 10.9. The zero-order chi connectivity index (χ0) is 19.8. The molecule has 0 aliphatic heterocycles. The molecule has 1 heterocycles. The van der Waals surface area contributed by atoms with E-state index >= 15 is 0 Å². The number of furan rings is 1. The lowest BCUT2D eigenvalue weighted by Crippen LogP contribution is -2.24. The summed E-state index contributed by atoms with van der Waals surface area (Å²) in [5.41, 5.74) is 6.63. The fraction of sp³-hybridized carbons (Fsp3) is 0.692. The Labute approximate surface area is 167 Å². The van der Waals surface area contributed by atoms with Crippen molar-refractivity contribution in [2.45, 2.75) is 105 Å². The van der Waals surface area contributed by atoms with Gasteiger partial charge in [-0.25, -0.2) is 0 Å². The van der Waals surface area contributed by atoms with Crippen molar-refractivity contribution in [3.05, 3.63) is 33.6 Å². The second-order valence-electron chi connectivity index (χ2n) is 8.51. The molecule has 2 rings (SSSR count). The minimum Gasteiger partial charge on any atom is -0.458 e. The summed E-state index contributed by atoms with van der Waals surface area (Å²) in [5, 5.41) is 0. The summed E-state index contributed by atoms with van der Waals surface area (Å²) in [6.45, 7) is 16.0. The van der Waals surface area contributed by atoms with Gasteiger partial charge in [0.05, 0.1) is 0 Å². The molecule has 0 saturated heterocycles. The quantitative estimate of drug-likeness (QED) is 0.262. The highest BCUT2D eigenvalue weighted by Gasteiger charge is 2.36. The van der Waals surface area contributed by atoms with Gasteiger partial charge in [0.25, 0.3) is 0 Å². The van der Waals surface area contributed by atoms with Crippen molar-refractivity contribution in [1.29, 1.82) is 0 Å². The number of hydrogen-bond donors (Lipinski definition) is 0. The van der Waals surface area contributed by atoms with Crippen LogP contribution in [0.4, 0.5) is 0 Å². The maximum atomic E-state index is 6.27. The Hall–Kier alpha value is -1.24. The molecule has 0 fully saturated rings. The van der Waals surface area contributed by atoms with E-state index in [-0.39, 0.29) is 0 Å². The standard InChI is InChI=1S/C26H42O/c1-7-11-12-16-24-23-18-17-19(5)22(15-10-4)26(25(23)20(6)27-24)21(13-8-2)14-9-3/h13,16,19,22,26H,6-12,14-15,17-18H2,1-5H3/b21-13+,24-16-. The molecular weight excluding hydrogens is 328 g/mol. The van der Waals surface area contributed by atoms with E-state index in [4.69, 9.17) is 4.42 Å². The Morgan fingerprint density at radius 3 is 2.56 bits per heavy atom. The van der Waals surface area contributed by atoms with Gasteiger partial charge in [-0.15, -0.1) is 0 Å². The first kappa shape index (κ1) is 22.1. The maximum absolute atomic E-state index is 6.27. The molecule has 1 aliphatic rings. The summed E-state index contributed by atoms with van der Waals surface area (Å²) in [7, 11) is 0. The highest BCUT2D eigenvalue weighted by molar-refractivity contribution is 5.40. The normalized spacial score (nSPS) is 24.1. The summed E-state index contributed by atoms with van der Waals surface area (Å²) >= 11 is 0. The van der Waals surface area contributed by atoms with E-state index in [2.05, 4.69) is 53.3 Å². The molecule has 0 radical (unpaired) electrons. The van der Waals surface area contributed by atoms with Gasteiger partial charge in [0, 0.05) is 17.0 Å². The molecule has 27 heavy (non-hydrogen) atoms. The Bertz CT molecular complexity index is 705. The van der Waals surface area contributed by atoms with E-state index < -0.39 is 0 Å². The van der Waals surface area contributed by atoms with Crippen molar-refractivity contribution in [1.82, 2.24) is 0 Å². The topological polar surface area (TPSA) is 13.1 Å². The average Bonchev–Trinajstić information content (AvgIpc) is 2.86. The van der Waals surface area contributed by atoms with Gasteiger partial charge in [-0.1, -0.05) is 72.1 Å². The predicted molar refractivity (Wildman–Crippen MR) is 119 cm³/mol. The Balaban J connectivity index is 2.63. The van der Waals surface area contributed by atoms with Crippen LogP contribution in [0.5, 0.6) is 0 Å². The largest absolute Gasteiger partial charge is 0.458 e. The molecule has 0 N–H and O–H groups in total. The molecule has 3 unspecified atom stereocenters. The Morgan fingerprint density at radius 2 is 1.93 bits per heavy atom. The molecule has 0 spiro atoms. The third-order valence-electron chi connectivity index (χ3n) is 6.39. The molecule has 0 bridgehead atoms. The van der Waals surface area contributed by atoms with E-state index in [1.165, 1.54) is 56.1 Å². The third kappa shape index (κ3) is 5.18. The Morgan fingerprint density at radius 1 is 1.15 bits per heavy atom. The lowest BCUT2D eigenvalue weighted by atomic mass is 9.72. The second-order valence-corrected chi connectivity index (χ2v) is 8.51. The SMILES string of the molecule is C=c1o/c(=C\CCCC)c2c1C(/C(=C/CC)CCC)C(CCC)C(C)CC2. The zero-order valence-corrected chi connectivity index (χ0v) is 18.6. The minimum atomic E-state index is 0.502. The van der Waals surface area contributed by atoms with E-state index in [1.807, 2.05) is 0 Å². The zero-order valence-electron chi connectivity index (χ0n) is 18.6. The molecule has 3 atom stereocenters. The van der Waals surface area contributed by atoms with Crippen LogP contribution in [0, 0.1) is 11.8 Å². The van der Waals surface area contributed by atoms with E-state index in [1.54, 1.807) is 5.57 Å². The lowest BCUT2D eigenvalue weighted by molar-refractivity contribution is 0.286. The molecule has 0 aromatic carbocycles. The van der Waals surface area contributed by atoms with Gasteiger partial charge in [-0.3, -0.25) is 0 Å². The highest BCUT2D eigenvalue weighted by Crippen LogP contribution is 2.44. The van der Waals surface area contributed by atoms with Gasteiger partial charge in [-0.2, -0.15) is 0 Å². The molecule has 1 aromatic heterocycles. The summed E-state index contributed by atoms with van der Waals surface area (Å²) in [6.07, 6.45) is 16.9. The first-order valence-electron chi connectivity index (χ1n) is 11.6. The summed E-state index contributed by atoms with van der Waals surface area (Å²) in [5.74, 6) is 1.96. The summed E-state index contributed by atoms with van der Waals surface area (Å²) in [6, 6.07) is 0. The van der Waals surface area contributed by atoms with Gasteiger partial charge in [0.2, 0.25) is 0 Å². The molecule has 0 saturated carbocycles. The minimum absolute atomic E-state index is 0.502. The van der Waals surface area contributed by atoms with Crippen LogP contribution in [0.3, 0.4) is 0 Å². The van der Waals surface area contributed by atoms with Crippen LogP contribution in [-0.4, -0.2) is 0 Å². The fourth-order valence-electron chi connectivity index (χ4n) is 5.08. The van der Waals surface area contributed by atoms with Crippen molar-refractivity contribution < 1.29 is 4.42 Å². The van der Waals surface area contributed by atoms with Gasteiger partial charge in [-0.05, 0) is 62.9 Å². The third-order valence-corrected chi connectivity index (χ3v) is 6.39. The molecule has 152 valence electrons. The molecule has 1 aliphatic carbocycles. The molecule has 0 amide bonds. The van der Waals surface area contributed by atoms with Crippen molar-refractivity contribution in [3.8, 4) is 0 Å². The number of fused-ring (bicyclic) bond motifs is 1. The van der Waals surface area contributed by atoms with Crippen LogP contribution >= 0.6 is 0 Å². The summed E-state index contributed by atoms with van der Waals surface area (Å²) < 4.78 is 6.27. The van der Waals surface area contributed by atoms with Gasteiger partial charge in [0.15, 0.2) is 0 Å². The predicted octanol–water partition coefficient (Wildman–Crippen LogP) is 6.88. The lowest BCUT2D eigenvalue weighted by Gasteiger charge is -2.32. The maximum Gasteiger partial charge on any atom is 0.127 e. The fourth-order valence-corrected chi connectivity index (χ4v) is 5.08.